The van der Waals surface area contributed by atoms with Gasteiger partial charge in [0.25, 0.3) is 5.69 Å². The first kappa shape index (κ1) is 12.7. The van der Waals surface area contributed by atoms with Gasteiger partial charge in [-0.3, -0.25) is 10.1 Å². The van der Waals surface area contributed by atoms with Crippen LogP contribution >= 0.6 is 0 Å². The number of non-ortho nitro benzene ring substituents is 1. The Kier molecular flexibility index (Phi) is 3.19. The molecule has 0 amide bonds. The summed E-state index contributed by atoms with van der Waals surface area (Å²) >= 11 is 0. The second-order valence-corrected chi connectivity index (χ2v) is 4.69. The summed E-state index contributed by atoms with van der Waals surface area (Å²) in [6.45, 7) is 0.499. The van der Waals surface area contributed by atoms with E-state index in [1.165, 1.54) is 18.3 Å². The van der Waals surface area contributed by atoms with Gasteiger partial charge in [0.2, 0.25) is 5.89 Å². The van der Waals surface area contributed by atoms with Crippen LogP contribution in [0, 0.1) is 15.9 Å². The average molecular weight is 277 g/mol. The van der Waals surface area contributed by atoms with Crippen molar-refractivity contribution in [3.63, 3.8) is 0 Å². The summed E-state index contributed by atoms with van der Waals surface area (Å²) in [5.41, 5.74) is -0.123. The van der Waals surface area contributed by atoms with Gasteiger partial charge >= 0.3 is 0 Å². The second-order valence-electron chi connectivity index (χ2n) is 4.69. The summed E-state index contributed by atoms with van der Waals surface area (Å²) in [4.78, 5) is 14.0. The SMILES string of the molecule is O=[N+]([O-])c1ccc(-c2cnc(CNC3CC3)o2)c(F)c1. The number of oxazole rings is 1. The highest BCUT2D eigenvalue weighted by Gasteiger charge is 2.21. The lowest BCUT2D eigenvalue weighted by Crippen LogP contribution is -2.15. The number of hydrogen-bond donors (Lipinski definition) is 1. The zero-order chi connectivity index (χ0) is 14.1. The van der Waals surface area contributed by atoms with Crippen molar-refractivity contribution in [2.45, 2.75) is 25.4 Å². The molecule has 6 nitrogen and oxygen atoms in total. The van der Waals surface area contributed by atoms with Crippen LogP contribution in [-0.4, -0.2) is 15.9 Å². The Bertz CT molecular complexity index is 652. The van der Waals surface area contributed by atoms with Gasteiger partial charge in [-0.15, -0.1) is 0 Å². The maximum Gasteiger partial charge on any atom is 0.272 e. The molecule has 1 heterocycles. The maximum atomic E-state index is 13.8. The van der Waals surface area contributed by atoms with Crippen molar-refractivity contribution in [3.05, 3.63) is 46.2 Å². The Morgan fingerprint density at radius 3 is 2.95 bits per heavy atom. The number of halogens is 1. The number of hydrogen-bond acceptors (Lipinski definition) is 5. The molecule has 0 spiro atoms. The Balaban J connectivity index is 1.79. The largest absolute Gasteiger partial charge is 0.439 e. The maximum absolute atomic E-state index is 13.8. The molecule has 20 heavy (non-hydrogen) atoms. The van der Waals surface area contributed by atoms with Gasteiger partial charge < -0.3 is 9.73 Å². The Morgan fingerprint density at radius 2 is 2.30 bits per heavy atom. The number of rotatable bonds is 5. The third-order valence-electron chi connectivity index (χ3n) is 3.10. The molecule has 0 unspecified atom stereocenters. The fourth-order valence-corrected chi connectivity index (χ4v) is 1.85. The van der Waals surface area contributed by atoms with E-state index in [2.05, 4.69) is 10.3 Å². The van der Waals surface area contributed by atoms with Crippen molar-refractivity contribution < 1.29 is 13.7 Å². The molecule has 1 aliphatic carbocycles. The Labute approximate surface area is 113 Å². The molecule has 1 aromatic carbocycles. The fourth-order valence-electron chi connectivity index (χ4n) is 1.85. The number of nitrogens with zero attached hydrogens (tertiary/aromatic N) is 2. The van der Waals surface area contributed by atoms with E-state index in [-0.39, 0.29) is 17.0 Å². The number of aromatic nitrogens is 1. The predicted octanol–water partition coefficient (Wildman–Crippen LogP) is 2.64. The standard InChI is InChI=1S/C13H12FN3O3/c14-11-5-9(17(18)19)3-4-10(11)12-6-16-13(20-12)7-15-8-1-2-8/h3-6,8,15H,1-2,7H2. The van der Waals surface area contributed by atoms with E-state index in [1.54, 1.807) is 0 Å². The molecule has 1 N–H and O–H groups in total. The van der Waals surface area contributed by atoms with Crippen molar-refractivity contribution in [1.29, 1.82) is 0 Å². The molecule has 0 radical (unpaired) electrons. The highest BCUT2D eigenvalue weighted by Crippen LogP contribution is 2.27. The lowest BCUT2D eigenvalue weighted by Gasteiger charge is -1.99. The molecule has 0 saturated heterocycles. The number of nitro groups is 1. The predicted molar refractivity (Wildman–Crippen MR) is 68.4 cm³/mol. The molecule has 0 atom stereocenters. The first-order valence-electron chi connectivity index (χ1n) is 6.26. The molecule has 0 bridgehead atoms. The minimum absolute atomic E-state index is 0.167. The zero-order valence-corrected chi connectivity index (χ0v) is 10.5. The molecule has 0 aliphatic heterocycles. The quantitative estimate of drug-likeness (QED) is 0.671. The van der Waals surface area contributed by atoms with Crippen molar-refractivity contribution in [3.8, 4) is 11.3 Å². The molecule has 2 aromatic rings. The summed E-state index contributed by atoms with van der Waals surface area (Å²) in [5.74, 6) is 0.0479. The Hall–Kier alpha value is -2.28. The van der Waals surface area contributed by atoms with E-state index >= 15 is 0 Å². The van der Waals surface area contributed by atoms with Gasteiger partial charge in [-0.05, 0) is 18.9 Å². The molecule has 1 fully saturated rings. The van der Waals surface area contributed by atoms with Gasteiger partial charge in [-0.1, -0.05) is 0 Å². The van der Waals surface area contributed by atoms with Crippen LogP contribution < -0.4 is 5.32 Å². The van der Waals surface area contributed by atoms with Gasteiger partial charge in [0.1, 0.15) is 5.82 Å². The fraction of sp³-hybridized carbons (Fsp3) is 0.308. The van der Waals surface area contributed by atoms with Gasteiger partial charge in [0.15, 0.2) is 5.76 Å². The van der Waals surface area contributed by atoms with Crippen LogP contribution in [0.3, 0.4) is 0 Å². The topological polar surface area (TPSA) is 81.2 Å². The first-order chi connectivity index (χ1) is 9.63. The summed E-state index contributed by atoms with van der Waals surface area (Å²) < 4.78 is 19.3. The highest BCUT2D eigenvalue weighted by molar-refractivity contribution is 5.59. The molecule has 1 saturated carbocycles. The summed E-state index contributed by atoms with van der Waals surface area (Å²) in [6.07, 6.45) is 3.74. The van der Waals surface area contributed by atoms with Crippen LogP contribution in [0.15, 0.2) is 28.8 Å². The molecule has 7 heteroatoms. The van der Waals surface area contributed by atoms with Gasteiger partial charge in [-0.2, -0.15) is 0 Å². The monoisotopic (exact) mass is 277 g/mol. The van der Waals surface area contributed by atoms with E-state index in [0.717, 1.165) is 18.9 Å². The minimum atomic E-state index is -0.697. The van der Waals surface area contributed by atoms with E-state index in [1.807, 2.05) is 0 Å². The minimum Gasteiger partial charge on any atom is -0.439 e. The van der Waals surface area contributed by atoms with Crippen LogP contribution in [-0.2, 0) is 6.54 Å². The van der Waals surface area contributed by atoms with Crippen LogP contribution in [0.2, 0.25) is 0 Å². The van der Waals surface area contributed by atoms with Crippen LogP contribution in [0.25, 0.3) is 11.3 Å². The van der Waals surface area contributed by atoms with Crippen molar-refractivity contribution >= 4 is 5.69 Å². The van der Waals surface area contributed by atoms with Crippen LogP contribution in [0.4, 0.5) is 10.1 Å². The van der Waals surface area contributed by atoms with Crippen molar-refractivity contribution in [2.75, 3.05) is 0 Å². The number of nitro benzene ring substituents is 1. The number of benzene rings is 1. The van der Waals surface area contributed by atoms with E-state index in [9.17, 15) is 14.5 Å². The van der Waals surface area contributed by atoms with Crippen molar-refractivity contribution in [2.24, 2.45) is 0 Å². The third-order valence-corrected chi connectivity index (χ3v) is 3.10. The lowest BCUT2D eigenvalue weighted by molar-refractivity contribution is -0.385. The van der Waals surface area contributed by atoms with Crippen LogP contribution in [0.1, 0.15) is 18.7 Å². The van der Waals surface area contributed by atoms with Gasteiger partial charge in [0.05, 0.1) is 29.3 Å². The van der Waals surface area contributed by atoms with Gasteiger partial charge in [0, 0.05) is 12.1 Å². The number of nitrogens with one attached hydrogen (secondary N) is 1. The van der Waals surface area contributed by atoms with Gasteiger partial charge in [-0.25, -0.2) is 9.37 Å². The summed E-state index contributed by atoms with van der Waals surface area (Å²) in [6, 6.07) is 3.97. The molecule has 3 rings (SSSR count). The summed E-state index contributed by atoms with van der Waals surface area (Å²) in [5, 5.41) is 13.8. The Morgan fingerprint density at radius 1 is 1.50 bits per heavy atom. The highest BCUT2D eigenvalue weighted by atomic mass is 19.1. The zero-order valence-electron chi connectivity index (χ0n) is 10.5. The van der Waals surface area contributed by atoms with E-state index < -0.39 is 10.7 Å². The van der Waals surface area contributed by atoms with Crippen molar-refractivity contribution in [1.82, 2.24) is 10.3 Å². The smallest absolute Gasteiger partial charge is 0.272 e. The second kappa shape index (κ2) is 5.01. The molecular weight excluding hydrogens is 265 g/mol. The average Bonchev–Trinajstić information content (AvgIpc) is 3.14. The molecule has 104 valence electrons. The van der Waals surface area contributed by atoms with E-state index in [4.69, 9.17) is 4.42 Å². The summed E-state index contributed by atoms with van der Waals surface area (Å²) in [7, 11) is 0. The lowest BCUT2D eigenvalue weighted by atomic mass is 10.1. The molecular formula is C13H12FN3O3. The van der Waals surface area contributed by atoms with Crippen LogP contribution in [0.5, 0.6) is 0 Å². The van der Waals surface area contributed by atoms with E-state index in [0.29, 0.717) is 18.5 Å². The first-order valence-corrected chi connectivity index (χ1v) is 6.26. The molecule has 1 aromatic heterocycles. The molecule has 1 aliphatic rings. The normalized spacial score (nSPS) is 14.4. The third kappa shape index (κ3) is 2.67.